The highest BCUT2D eigenvalue weighted by molar-refractivity contribution is 7.80. The van der Waals surface area contributed by atoms with E-state index < -0.39 is 5.97 Å². The predicted octanol–water partition coefficient (Wildman–Crippen LogP) is 7.28. The van der Waals surface area contributed by atoms with Gasteiger partial charge >= 0.3 is 5.97 Å². The van der Waals surface area contributed by atoms with Crippen molar-refractivity contribution in [1.29, 1.82) is 0 Å². The topological polar surface area (TPSA) is 137 Å². The summed E-state index contributed by atoms with van der Waals surface area (Å²) in [5.74, 6) is 0.646. The molecule has 1 aliphatic rings. The second-order valence-electron chi connectivity index (χ2n) is 8.57. The van der Waals surface area contributed by atoms with Gasteiger partial charge in [-0.3, -0.25) is 0 Å². The molecule has 216 valence electrons. The van der Waals surface area contributed by atoms with Gasteiger partial charge < -0.3 is 31.2 Å². The molecular formula is C28H40Cl2N4O4S. The average Bonchev–Trinajstić information content (AvgIpc) is 3.69. The molecule has 0 saturated heterocycles. The second-order valence-corrected chi connectivity index (χ2v) is 9.87. The Hall–Kier alpha value is -2.43. The summed E-state index contributed by atoms with van der Waals surface area (Å²) in [5, 5.41) is 16.9. The molecule has 1 aliphatic carbocycles. The van der Waals surface area contributed by atoms with Crippen LogP contribution < -0.4 is 21.5 Å². The Labute approximate surface area is 246 Å². The van der Waals surface area contributed by atoms with Gasteiger partial charge in [0.1, 0.15) is 17.2 Å². The maximum absolute atomic E-state index is 10.6. The number of hydrogen-bond donors (Lipinski definition) is 5. The first kappa shape index (κ1) is 34.6. The fourth-order valence-electron chi connectivity index (χ4n) is 3.01. The van der Waals surface area contributed by atoms with Crippen LogP contribution in [0.3, 0.4) is 0 Å². The highest BCUT2D eigenvalue weighted by Crippen LogP contribution is 2.45. The van der Waals surface area contributed by atoms with E-state index in [-0.39, 0.29) is 5.56 Å². The number of aromatic nitrogens is 1. The molecule has 0 radical (unpaired) electrons. The van der Waals surface area contributed by atoms with E-state index in [1.54, 1.807) is 18.2 Å². The van der Waals surface area contributed by atoms with Gasteiger partial charge in [-0.1, -0.05) is 68.0 Å². The number of carboxylic acids is 1. The number of nitrogens with zero attached hydrogens (tertiary/aromatic N) is 1. The molecule has 2 aromatic carbocycles. The average molecular weight is 600 g/mol. The molecule has 0 spiro atoms. The molecule has 0 unspecified atom stereocenters. The molecule has 11 heteroatoms. The number of carboxylic acid groups (broad SMARTS) is 1. The lowest BCUT2D eigenvalue weighted by Gasteiger charge is -2.07. The summed E-state index contributed by atoms with van der Waals surface area (Å²) in [5.41, 5.74) is 14.1. The van der Waals surface area contributed by atoms with Crippen molar-refractivity contribution in [1.82, 2.24) is 10.5 Å². The summed E-state index contributed by atoms with van der Waals surface area (Å²) in [6.45, 7) is 7.88. The number of methoxy groups -OCH3 is 1. The van der Waals surface area contributed by atoms with Gasteiger partial charge in [-0.05, 0) is 50.7 Å². The smallest absolute Gasteiger partial charge is 0.335 e. The highest BCUT2D eigenvalue weighted by atomic mass is 35.5. The number of ether oxygens (including phenoxy) is 1. The molecule has 39 heavy (non-hydrogen) atoms. The zero-order chi connectivity index (χ0) is 29.5. The summed E-state index contributed by atoms with van der Waals surface area (Å²) >= 11 is 16.4. The van der Waals surface area contributed by atoms with Gasteiger partial charge in [0.05, 0.1) is 28.4 Å². The molecule has 4 rings (SSSR count). The van der Waals surface area contributed by atoms with E-state index in [1.807, 2.05) is 7.05 Å². The zero-order valence-electron chi connectivity index (χ0n) is 23.2. The molecule has 8 nitrogen and oxygen atoms in total. The van der Waals surface area contributed by atoms with Crippen LogP contribution in [0.15, 0.2) is 39.8 Å². The number of thiol groups is 1. The van der Waals surface area contributed by atoms with Crippen LogP contribution >= 0.6 is 35.8 Å². The third kappa shape index (κ3) is 10.6. The van der Waals surface area contributed by atoms with Gasteiger partial charge in [0, 0.05) is 28.5 Å². The summed E-state index contributed by atoms with van der Waals surface area (Å²) in [7, 11) is 3.35. The van der Waals surface area contributed by atoms with Gasteiger partial charge in [-0.15, -0.1) is 12.6 Å². The minimum atomic E-state index is -1.03. The van der Waals surface area contributed by atoms with Crippen LogP contribution in [0, 0.1) is 0 Å². The number of hydrogen-bond acceptors (Lipinski definition) is 8. The lowest BCUT2D eigenvalue weighted by atomic mass is 10.0. The fraction of sp³-hybridized carbons (Fsp3) is 0.429. The normalized spacial score (nSPS) is 11.7. The SMILES string of the molecule is CCCC.CCNC.COc1cc(C(=O)O)cc(S)c1N.NCc1c(-c2c(Cl)cccc2Cl)noc1C1CC1. The lowest BCUT2D eigenvalue weighted by molar-refractivity contribution is 0.0696. The third-order valence-electron chi connectivity index (χ3n) is 5.61. The maximum Gasteiger partial charge on any atom is 0.335 e. The van der Waals surface area contributed by atoms with Gasteiger partial charge in [0.15, 0.2) is 0 Å². The van der Waals surface area contributed by atoms with Gasteiger partial charge in [-0.2, -0.15) is 0 Å². The van der Waals surface area contributed by atoms with Crippen molar-refractivity contribution in [2.24, 2.45) is 5.73 Å². The van der Waals surface area contributed by atoms with E-state index in [0.29, 0.717) is 50.1 Å². The summed E-state index contributed by atoms with van der Waals surface area (Å²) in [6, 6.07) is 8.11. The molecule has 1 saturated carbocycles. The number of unbranched alkanes of at least 4 members (excludes halogenated alkanes) is 1. The third-order valence-corrected chi connectivity index (χ3v) is 6.61. The first-order chi connectivity index (χ1) is 18.6. The Balaban J connectivity index is 0.000000317. The largest absolute Gasteiger partial charge is 0.495 e. The van der Waals surface area contributed by atoms with E-state index in [2.05, 4.69) is 43.9 Å². The molecule has 1 aromatic heterocycles. The van der Waals surface area contributed by atoms with E-state index >= 15 is 0 Å². The monoisotopic (exact) mass is 598 g/mol. The first-order valence-corrected chi connectivity index (χ1v) is 14.0. The Morgan fingerprint density at radius 3 is 2.18 bits per heavy atom. The van der Waals surface area contributed by atoms with Crippen LogP contribution in [0.25, 0.3) is 11.3 Å². The van der Waals surface area contributed by atoms with Crippen molar-refractivity contribution in [3.05, 3.63) is 57.3 Å². The molecule has 3 aromatic rings. The summed E-state index contributed by atoms with van der Waals surface area (Å²) in [6.07, 6.45) is 4.91. The second kappa shape index (κ2) is 18.0. The van der Waals surface area contributed by atoms with E-state index in [0.717, 1.165) is 30.7 Å². The molecule has 0 aliphatic heterocycles. The molecular weight excluding hydrogens is 559 g/mol. The number of carbonyl (C=O) groups is 1. The lowest BCUT2D eigenvalue weighted by Crippen LogP contribution is -2.01. The Morgan fingerprint density at radius 1 is 1.21 bits per heavy atom. The van der Waals surface area contributed by atoms with Crippen LogP contribution in [0.4, 0.5) is 5.69 Å². The number of halogens is 2. The van der Waals surface area contributed by atoms with E-state index in [1.165, 1.54) is 32.1 Å². The van der Waals surface area contributed by atoms with Crippen LogP contribution in [-0.4, -0.2) is 36.9 Å². The predicted molar refractivity (Wildman–Crippen MR) is 164 cm³/mol. The standard InChI is InChI=1S/C13H12Cl2N2O.C8H9NO3S.C4H10.C3H9N/c14-9-2-1-3-10(15)11(9)12-8(6-16)13(18-17-12)7-4-5-7;1-12-5-2-4(8(10)11)3-6(13)7(5)9;2*1-3-4-2/h1-3,7H,4-6,16H2;2-3,13H,9H2,1H3,(H,10,11);3-4H2,1-2H3;4H,3H2,1-2H3. The minimum Gasteiger partial charge on any atom is -0.495 e. The maximum atomic E-state index is 10.6. The van der Waals surface area contributed by atoms with E-state index in [9.17, 15) is 4.79 Å². The van der Waals surface area contributed by atoms with Crippen molar-refractivity contribution in [2.45, 2.75) is 63.8 Å². The number of nitrogens with one attached hydrogen (secondary N) is 1. The van der Waals surface area contributed by atoms with Crippen LogP contribution in [0.1, 0.15) is 74.1 Å². The molecule has 1 heterocycles. The number of nitrogens with two attached hydrogens (primary N) is 2. The number of rotatable bonds is 7. The summed E-state index contributed by atoms with van der Waals surface area (Å²) in [4.78, 5) is 11.0. The number of nitrogen functional groups attached to an aromatic ring is 1. The van der Waals surface area contributed by atoms with Crippen LogP contribution in [0.2, 0.25) is 10.0 Å². The van der Waals surface area contributed by atoms with Gasteiger partial charge in [0.25, 0.3) is 0 Å². The fourth-order valence-corrected chi connectivity index (χ4v) is 3.84. The Morgan fingerprint density at radius 2 is 1.77 bits per heavy atom. The molecule has 0 atom stereocenters. The molecule has 6 N–H and O–H groups in total. The molecule has 0 amide bonds. The number of aromatic carboxylic acids is 1. The van der Waals surface area contributed by atoms with Crippen molar-refractivity contribution in [3.8, 4) is 17.0 Å². The number of anilines is 1. The van der Waals surface area contributed by atoms with Gasteiger partial charge in [-0.25, -0.2) is 4.79 Å². The van der Waals surface area contributed by atoms with Crippen molar-refractivity contribution in [3.63, 3.8) is 0 Å². The van der Waals surface area contributed by atoms with Crippen molar-refractivity contribution >= 4 is 47.5 Å². The quantitative estimate of drug-likeness (QED) is 0.141. The Bertz CT molecular complexity index is 1160. The van der Waals surface area contributed by atoms with Crippen molar-refractivity contribution < 1.29 is 19.2 Å². The number of benzene rings is 2. The highest BCUT2D eigenvalue weighted by Gasteiger charge is 2.32. The molecule has 1 fully saturated rings. The van der Waals surface area contributed by atoms with Crippen molar-refractivity contribution in [2.75, 3.05) is 26.4 Å². The summed E-state index contributed by atoms with van der Waals surface area (Å²) < 4.78 is 10.3. The van der Waals surface area contributed by atoms with Crippen LogP contribution in [0.5, 0.6) is 5.75 Å². The van der Waals surface area contributed by atoms with E-state index in [4.69, 9.17) is 49.0 Å². The zero-order valence-corrected chi connectivity index (χ0v) is 25.6. The van der Waals surface area contributed by atoms with Crippen LogP contribution in [-0.2, 0) is 6.54 Å². The minimum absolute atomic E-state index is 0.107. The van der Waals surface area contributed by atoms with Gasteiger partial charge in [0.2, 0.25) is 0 Å². The first-order valence-electron chi connectivity index (χ1n) is 12.8. The molecule has 0 bridgehead atoms. The Kier molecular flexibility index (Phi) is 16.0.